The van der Waals surface area contributed by atoms with Crippen molar-refractivity contribution in [2.45, 2.75) is 13.8 Å². The van der Waals surface area contributed by atoms with Crippen molar-refractivity contribution in [1.29, 1.82) is 0 Å². The molecule has 0 aliphatic carbocycles. The van der Waals surface area contributed by atoms with E-state index in [0.717, 1.165) is 7.17 Å². The summed E-state index contributed by atoms with van der Waals surface area (Å²) in [6.07, 6.45) is 0. The van der Waals surface area contributed by atoms with Crippen LogP contribution in [-0.4, -0.2) is 44.7 Å². The van der Waals surface area contributed by atoms with Gasteiger partial charge in [-0.05, 0) is 25.0 Å². The Balaban J connectivity index is 2.86. The first-order valence-corrected chi connectivity index (χ1v) is 7.66. The van der Waals surface area contributed by atoms with Crippen LogP contribution in [0.2, 0.25) is 0 Å². The highest BCUT2D eigenvalue weighted by molar-refractivity contribution is 7.35. The lowest BCUT2D eigenvalue weighted by atomic mass is 9.15. The SMILES string of the molecule is BBc1c(B)c(C)c(-c2ccccc2)c(B(B)B)c1C. The smallest absolute Gasteiger partial charge is 0.0970 e. The fraction of sp³-hybridized carbons (Fsp3) is 0.143. The van der Waals surface area contributed by atoms with Crippen LogP contribution in [0.3, 0.4) is 0 Å². The summed E-state index contributed by atoms with van der Waals surface area (Å²) in [5, 5.41) is 0. The Hall–Kier alpha value is -1.17. The molecule has 6 heteroatoms. The molecule has 2 rings (SSSR count). The minimum absolute atomic E-state index is 0.551. The van der Waals surface area contributed by atoms with Gasteiger partial charge in [0.15, 0.2) is 0 Å². The lowest BCUT2D eigenvalue weighted by Crippen LogP contribution is -2.47. The van der Waals surface area contributed by atoms with Crippen molar-refractivity contribution in [3.05, 3.63) is 41.5 Å². The van der Waals surface area contributed by atoms with Crippen LogP contribution in [0.1, 0.15) is 11.1 Å². The van der Waals surface area contributed by atoms with Gasteiger partial charge in [0.2, 0.25) is 0 Å². The van der Waals surface area contributed by atoms with Crippen LogP contribution in [0.25, 0.3) is 11.1 Å². The molecule has 0 amide bonds. The second-order valence-corrected chi connectivity index (χ2v) is 6.02. The van der Waals surface area contributed by atoms with Crippen LogP contribution < -0.4 is 16.4 Å². The van der Waals surface area contributed by atoms with Crippen LogP contribution in [0.15, 0.2) is 30.3 Å². The summed E-state index contributed by atoms with van der Waals surface area (Å²) in [6, 6.07) is 10.8. The standard InChI is InChI=1S/C14H20B6/c1-8-11(10-6-4-3-5-7-10)14(20(17)18)9(2)13(19-16)12(8)15/h3-7,19H,15-18H2,1-2H3. The average molecular weight is 253 g/mol. The van der Waals surface area contributed by atoms with E-state index >= 15 is 0 Å². The zero-order valence-electron chi connectivity index (χ0n) is 13.7. The summed E-state index contributed by atoms with van der Waals surface area (Å²) >= 11 is 0. The van der Waals surface area contributed by atoms with Crippen molar-refractivity contribution < 1.29 is 0 Å². The summed E-state index contributed by atoms with van der Waals surface area (Å²) < 4.78 is 0. The highest BCUT2D eigenvalue weighted by Gasteiger charge is 2.19. The zero-order chi connectivity index (χ0) is 14.9. The first-order valence-electron chi connectivity index (χ1n) is 7.66. The molecule has 0 aliphatic heterocycles. The van der Waals surface area contributed by atoms with Gasteiger partial charge in [0.25, 0.3) is 0 Å². The minimum Gasteiger partial charge on any atom is -0.0970 e. The third kappa shape index (κ3) is 2.53. The normalized spacial score (nSPS) is 10.3. The summed E-state index contributed by atoms with van der Waals surface area (Å²) in [6.45, 7) is 5.13. The first kappa shape index (κ1) is 15.2. The van der Waals surface area contributed by atoms with E-state index in [0.29, 0.717) is 6.49 Å². The average Bonchev–Trinajstić information content (AvgIpc) is 2.43. The molecule has 94 valence electrons. The monoisotopic (exact) mass is 254 g/mol. The third-order valence-corrected chi connectivity index (χ3v) is 4.51. The molecule has 0 atom stereocenters. The molecule has 0 N–H and O–H groups in total. The summed E-state index contributed by atoms with van der Waals surface area (Å²) in [4.78, 5) is 0. The molecule has 0 aromatic heterocycles. The number of rotatable bonds is 3. The molecular weight excluding hydrogens is 233 g/mol. The second kappa shape index (κ2) is 6.08. The van der Waals surface area contributed by atoms with Crippen LogP contribution in [0.4, 0.5) is 0 Å². The molecule has 0 radical (unpaired) electrons. The van der Waals surface area contributed by atoms with Crippen molar-refractivity contribution in [3.8, 4) is 11.1 Å². The van der Waals surface area contributed by atoms with Gasteiger partial charge >= 0.3 is 0 Å². The predicted molar refractivity (Wildman–Crippen MR) is 107 cm³/mol. The number of hydrogen-bond donors (Lipinski definition) is 0. The predicted octanol–water partition coefficient (Wildman–Crippen LogP) is -3.20. The van der Waals surface area contributed by atoms with E-state index < -0.39 is 0 Å². The van der Waals surface area contributed by atoms with E-state index in [1.807, 2.05) is 0 Å². The molecular formula is C14H20B6. The Bertz CT molecular complexity index is 622. The zero-order valence-corrected chi connectivity index (χ0v) is 13.7. The Kier molecular flexibility index (Phi) is 4.62. The molecule has 20 heavy (non-hydrogen) atoms. The molecule has 0 spiro atoms. The summed E-state index contributed by atoms with van der Waals surface area (Å²) in [7, 11) is 10.3. The third-order valence-electron chi connectivity index (χ3n) is 4.51. The Labute approximate surface area is 128 Å². The van der Waals surface area contributed by atoms with E-state index in [1.165, 1.54) is 38.6 Å². The van der Waals surface area contributed by atoms with Gasteiger partial charge in [-0.15, -0.1) is 0 Å². The topological polar surface area (TPSA) is 0 Å². The largest absolute Gasteiger partial charge is 0.138 e. The summed E-state index contributed by atoms with van der Waals surface area (Å²) in [5.74, 6) is 0. The molecule has 0 aliphatic rings. The maximum absolute atomic E-state index is 2.31. The molecule has 0 saturated carbocycles. The van der Waals surface area contributed by atoms with E-state index in [9.17, 15) is 0 Å². The quantitative estimate of drug-likeness (QED) is 0.505. The lowest BCUT2D eigenvalue weighted by molar-refractivity contribution is 1.48. The Morgan fingerprint density at radius 2 is 1.60 bits per heavy atom. The molecule has 0 fully saturated rings. The van der Waals surface area contributed by atoms with Crippen molar-refractivity contribution >= 4 is 61.1 Å². The summed E-state index contributed by atoms with van der Waals surface area (Å²) in [5.41, 5.74) is 10.3. The second-order valence-electron chi connectivity index (χ2n) is 6.02. The van der Waals surface area contributed by atoms with Gasteiger partial charge in [-0.1, -0.05) is 57.8 Å². The van der Waals surface area contributed by atoms with E-state index in [-0.39, 0.29) is 0 Å². The molecule has 0 unspecified atom stereocenters. The van der Waals surface area contributed by atoms with Crippen molar-refractivity contribution in [2.75, 3.05) is 0 Å². The molecule has 0 saturated heterocycles. The molecule has 2 aromatic carbocycles. The fourth-order valence-electron chi connectivity index (χ4n) is 3.48. The highest BCUT2D eigenvalue weighted by Crippen LogP contribution is 2.21. The van der Waals surface area contributed by atoms with Crippen LogP contribution in [0, 0.1) is 13.8 Å². The maximum Gasteiger partial charge on any atom is 0.138 e. The van der Waals surface area contributed by atoms with Crippen molar-refractivity contribution in [2.24, 2.45) is 0 Å². The van der Waals surface area contributed by atoms with Gasteiger partial charge in [0.1, 0.15) is 21.5 Å². The maximum atomic E-state index is 2.31. The van der Waals surface area contributed by atoms with Gasteiger partial charge in [0, 0.05) is 0 Å². The number of benzene rings is 2. The van der Waals surface area contributed by atoms with Crippen LogP contribution >= 0.6 is 0 Å². The van der Waals surface area contributed by atoms with E-state index in [1.54, 1.807) is 0 Å². The van der Waals surface area contributed by atoms with E-state index in [2.05, 4.69) is 75.2 Å². The van der Waals surface area contributed by atoms with Gasteiger partial charge in [-0.3, -0.25) is 0 Å². The molecule has 2 aromatic rings. The fourth-order valence-corrected chi connectivity index (χ4v) is 3.48. The van der Waals surface area contributed by atoms with Crippen LogP contribution in [-0.2, 0) is 0 Å². The Morgan fingerprint density at radius 3 is 2.10 bits per heavy atom. The number of hydrogen-bond acceptors (Lipinski definition) is 0. The first-order chi connectivity index (χ1) is 9.49. The van der Waals surface area contributed by atoms with Gasteiger partial charge in [-0.2, -0.15) is 0 Å². The van der Waals surface area contributed by atoms with E-state index in [4.69, 9.17) is 0 Å². The van der Waals surface area contributed by atoms with Crippen LogP contribution in [0.5, 0.6) is 0 Å². The molecule has 0 nitrogen and oxygen atoms in total. The van der Waals surface area contributed by atoms with Crippen molar-refractivity contribution in [1.82, 2.24) is 0 Å². The Morgan fingerprint density at radius 1 is 1.00 bits per heavy atom. The van der Waals surface area contributed by atoms with Crippen molar-refractivity contribution in [3.63, 3.8) is 0 Å². The highest BCUT2D eigenvalue weighted by atomic mass is 14.1. The van der Waals surface area contributed by atoms with Gasteiger partial charge in [0.05, 0.1) is 23.2 Å². The van der Waals surface area contributed by atoms with Gasteiger partial charge in [-0.25, -0.2) is 0 Å². The molecule has 0 bridgehead atoms. The molecule has 0 heterocycles. The minimum atomic E-state index is 0.551. The van der Waals surface area contributed by atoms with Gasteiger partial charge < -0.3 is 0 Å². The lowest BCUT2D eigenvalue weighted by Gasteiger charge is -2.24.